The molecule has 80 valence electrons. The van der Waals surface area contributed by atoms with Gasteiger partial charge in [0.15, 0.2) is 0 Å². The summed E-state index contributed by atoms with van der Waals surface area (Å²) in [6.45, 7) is 7.63. The number of hydrogen-bond donors (Lipinski definition) is 0. The van der Waals surface area contributed by atoms with Crippen LogP contribution in [0.4, 0.5) is 0 Å². The Morgan fingerprint density at radius 2 is 1.80 bits per heavy atom. The van der Waals surface area contributed by atoms with E-state index in [1.54, 1.807) is 31.2 Å². The molecule has 15 heavy (non-hydrogen) atoms. The zero-order chi connectivity index (χ0) is 11.3. The van der Waals surface area contributed by atoms with Crippen LogP contribution >= 0.6 is 0 Å². The number of benzene rings is 1. The summed E-state index contributed by atoms with van der Waals surface area (Å²) in [6, 6.07) is 6.88. The maximum atomic E-state index is 11.2. The third-order valence-corrected chi connectivity index (χ3v) is 1.69. The zero-order valence-corrected chi connectivity index (χ0v) is 8.95. The van der Waals surface area contributed by atoms with E-state index in [0.29, 0.717) is 17.9 Å². The van der Waals surface area contributed by atoms with Crippen molar-refractivity contribution in [1.82, 2.24) is 0 Å². The van der Waals surface area contributed by atoms with Crippen molar-refractivity contribution in [3.05, 3.63) is 36.4 Å². The molecule has 3 heteroatoms. The number of ether oxygens (including phenoxy) is 2. The van der Waals surface area contributed by atoms with Crippen LogP contribution in [0.1, 0.15) is 13.8 Å². The summed E-state index contributed by atoms with van der Waals surface area (Å²) in [6.07, 6.45) is 0. The number of carbonyl (C=O) groups is 1. The lowest BCUT2D eigenvalue weighted by Crippen LogP contribution is -2.07. The van der Waals surface area contributed by atoms with E-state index in [1.807, 2.05) is 6.92 Å². The maximum Gasteiger partial charge on any atom is 0.338 e. The number of esters is 1. The molecule has 0 fully saturated rings. The van der Waals surface area contributed by atoms with Crippen LogP contribution in [-0.4, -0.2) is 12.6 Å². The van der Waals surface area contributed by atoms with Gasteiger partial charge in [-0.15, -0.1) is 0 Å². The average Bonchev–Trinajstić information content (AvgIpc) is 2.21. The first-order valence-corrected chi connectivity index (χ1v) is 4.74. The number of rotatable bonds is 4. The Hall–Kier alpha value is -1.77. The van der Waals surface area contributed by atoms with Crippen molar-refractivity contribution in [2.45, 2.75) is 13.8 Å². The van der Waals surface area contributed by atoms with E-state index in [2.05, 4.69) is 6.58 Å². The second-order valence-corrected chi connectivity index (χ2v) is 3.07. The molecular formula is C12H14O3. The highest BCUT2D eigenvalue weighted by atomic mass is 16.5. The SMILES string of the molecule is C=C(C)C(=O)Oc1ccc(OCC)cc1. The molecule has 0 saturated carbocycles. The van der Waals surface area contributed by atoms with Crippen LogP contribution in [0, 0.1) is 0 Å². The van der Waals surface area contributed by atoms with Gasteiger partial charge in [0, 0.05) is 5.57 Å². The van der Waals surface area contributed by atoms with Gasteiger partial charge in [0.25, 0.3) is 0 Å². The van der Waals surface area contributed by atoms with Gasteiger partial charge in [-0.05, 0) is 38.1 Å². The van der Waals surface area contributed by atoms with Crippen LogP contribution in [0.3, 0.4) is 0 Å². The monoisotopic (exact) mass is 206 g/mol. The van der Waals surface area contributed by atoms with E-state index in [0.717, 1.165) is 5.75 Å². The highest BCUT2D eigenvalue weighted by Gasteiger charge is 2.04. The van der Waals surface area contributed by atoms with Crippen LogP contribution in [0.25, 0.3) is 0 Å². The van der Waals surface area contributed by atoms with E-state index in [4.69, 9.17) is 9.47 Å². The summed E-state index contributed by atoms with van der Waals surface area (Å²) in [5, 5.41) is 0. The molecule has 1 aromatic carbocycles. The molecule has 0 spiro atoms. The highest BCUT2D eigenvalue weighted by Crippen LogP contribution is 2.18. The Labute approximate surface area is 89.3 Å². The highest BCUT2D eigenvalue weighted by molar-refractivity contribution is 5.88. The summed E-state index contributed by atoms with van der Waals surface area (Å²) in [5.74, 6) is 0.832. The predicted octanol–water partition coefficient (Wildman–Crippen LogP) is 2.57. The quantitative estimate of drug-likeness (QED) is 0.431. The second-order valence-electron chi connectivity index (χ2n) is 3.07. The van der Waals surface area contributed by atoms with Crippen molar-refractivity contribution >= 4 is 5.97 Å². The lowest BCUT2D eigenvalue weighted by atomic mass is 10.3. The van der Waals surface area contributed by atoms with Crippen LogP contribution in [0.5, 0.6) is 11.5 Å². The van der Waals surface area contributed by atoms with Crippen molar-refractivity contribution in [1.29, 1.82) is 0 Å². The van der Waals surface area contributed by atoms with Crippen molar-refractivity contribution in [2.75, 3.05) is 6.61 Å². The third kappa shape index (κ3) is 3.46. The summed E-state index contributed by atoms with van der Waals surface area (Å²) < 4.78 is 10.3. The molecule has 0 bridgehead atoms. The molecule has 0 unspecified atom stereocenters. The lowest BCUT2D eigenvalue weighted by molar-refractivity contribution is -0.130. The number of carbonyl (C=O) groups excluding carboxylic acids is 1. The fourth-order valence-corrected chi connectivity index (χ4v) is 0.965. The molecule has 0 heterocycles. The first kappa shape index (κ1) is 11.3. The summed E-state index contributed by atoms with van der Waals surface area (Å²) >= 11 is 0. The molecular weight excluding hydrogens is 192 g/mol. The Morgan fingerprint density at radius 3 is 2.27 bits per heavy atom. The minimum absolute atomic E-state index is 0.379. The van der Waals surface area contributed by atoms with E-state index in [1.165, 1.54) is 0 Å². The molecule has 0 amide bonds. The Bertz CT molecular complexity index is 352. The predicted molar refractivity (Wildman–Crippen MR) is 58.1 cm³/mol. The molecule has 0 saturated heterocycles. The van der Waals surface area contributed by atoms with Crippen LogP contribution < -0.4 is 9.47 Å². The molecule has 0 aliphatic rings. The molecule has 1 aromatic rings. The van der Waals surface area contributed by atoms with Crippen molar-refractivity contribution in [2.24, 2.45) is 0 Å². The van der Waals surface area contributed by atoms with Gasteiger partial charge in [-0.2, -0.15) is 0 Å². The normalized spacial score (nSPS) is 9.47. The largest absolute Gasteiger partial charge is 0.494 e. The van der Waals surface area contributed by atoms with Gasteiger partial charge < -0.3 is 9.47 Å². The van der Waals surface area contributed by atoms with Crippen molar-refractivity contribution in [3.63, 3.8) is 0 Å². The molecule has 0 aromatic heterocycles. The van der Waals surface area contributed by atoms with Gasteiger partial charge in [-0.1, -0.05) is 6.58 Å². The standard InChI is InChI=1S/C12H14O3/c1-4-14-10-5-7-11(8-6-10)15-12(13)9(2)3/h5-8H,2,4H2,1,3H3. The molecule has 0 N–H and O–H groups in total. The Balaban J connectivity index is 2.64. The second kappa shape index (κ2) is 5.20. The molecule has 0 aliphatic carbocycles. The minimum Gasteiger partial charge on any atom is -0.494 e. The molecule has 0 radical (unpaired) electrons. The van der Waals surface area contributed by atoms with Gasteiger partial charge in [0.2, 0.25) is 0 Å². The van der Waals surface area contributed by atoms with Gasteiger partial charge >= 0.3 is 5.97 Å². The summed E-state index contributed by atoms with van der Waals surface area (Å²) in [7, 11) is 0. The van der Waals surface area contributed by atoms with Crippen LogP contribution in [0.2, 0.25) is 0 Å². The molecule has 0 aliphatic heterocycles. The summed E-state index contributed by atoms with van der Waals surface area (Å²) in [4.78, 5) is 11.2. The average molecular weight is 206 g/mol. The van der Waals surface area contributed by atoms with E-state index in [9.17, 15) is 4.79 Å². The van der Waals surface area contributed by atoms with Crippen LogP contribution in [0.15, 0.2) is 36.4 Å². The van der Waals surface area contributed by atoms with Gasteiger partial charge in [-0.25, -0.2) is 4.79 Å². The fraction of sp³-hybridized carbons (Fsp3) is 0.250. The molecule has 0 atom stereocenters. The Kier molecular flexibility index (Phi) is 3.92. The number of hydrogen-bond acceptors (Lipinski definition) is 3. The third-order valence-electron chi connectivity index (χ3n) is 1.69. The topological polar surface area (TPSA) is 35.5 Å². The van der Waals surface area contributed by atoms with Gasteiger partial charge in [0.05, 0.1) is 6.61 Å². The van der Waals surface area contributed by atoms with E-state index in [-0.39, 0.29) is 0 Å². The van der Waals surface area contributed by atoms with Gasteiger partial charge in [-0.3, -0.25) is 0 Å². The molecule has 3 nitrogen and oxygen atoms in total. The lowest BCUT2D eigenvalue weighted by Gasteiger charge is -2.05. The van der Waals surface area contributed by atoms with E-state index >= 15 is 0 Å². The Morgan fingerprint density at radius 1 is 1.27 bits per heavy atom. The first-order valence-electron chi connectivity index (χ1n) is 4.74. The van der Waals surface area contributed by atoms with Crippen molar-refractivity contribution < 1.29 is 14.3 Å². The van der Waals surface area contributed by atoms with Gasteiger partial charge in [0.1, 0.15) is 11.5 Å². The summed E-state index contributed by atoms with van der Waals surface area (Å²) in [5.41, 5.74) is 0.379. The smallest absolute Gasteiger partial charge is 0.338 e. The van der Waals surface area contributed by atoms with E-state index < -0.39 is 5.97 Å². The maximum absolute atomic E-state index is 11.2. The first-order chi connectivity index (χ1) is 7.13. The van der Waals surface area contributed by atoms with Crippen molar-refractivity contribution in [3.8, 4) is 11.5 Å². The molecule has 1 rings (SSSR count). The zero-order valence-electron chi connectivity index (χ0n) is 8.95. The fourth-order valence-electron chi connectivity index (χ4n) is 0.965. The minimum atomic E-state index is -0.417. The van der Waals surface area contributed by atoms with Crippen LogP contribution in [-0.2, 0) is 4.79 Å².